The Hall–Kier alpha value is -2.14. The number of nitrogen functional groups attached to an aromatic ring is 2. The second-order valence-electron chi connectivity index (χ2n) is 5.62. The molecule has 5 N–H and O–H groups in total. The number of hydrogen-bond donors (Lipinski definition) is 3. The van der Waals surface area contributed by atoms with Gasteiger partial charge < -0.3 is 16.8 Å². The van der Waals surface area contributed by atoms with Gasteiger partial charge in [0.05, 0.1) is 0 Å². The van der Waals surface area contributed by atoms with Gasteiger partial charge in [-0.3, -0.25) is 0 Å². The van der Waals surface area contributed by atoms with E-state index in [2.05, 4.69) is 40.4 Å². The van der Waals surface area contributed by atoms with Crippen molar-refractivity contribution < 1.29 is 0 Å². The van der Waals surface area contributed by atoms with Crippen LogP contribution < -0.4 is 16.8 Å². The minimum Gasteiger partial charge on any atom is -0.383 e. The molecule has 1 aliphatic rings. The number of nitrogens with two attached hydrogens (primary N) is 2. The predicted octanol–water partition coefficient (Wildman–Crippen LogP) is 2.08. The number of rotatable bonds is 2. The van der Waals surface area contributed by atoms with Crippen LogP contribution in [0.5, 0.6) is 0 Å². The van der Waals surface area contributed by atoms with E-state index in [-0.39, 0.29) is 5.95 Å². The topological polar surface area (TPSA) is 89.8 Å². The molecule has 0 spiro atoms. The molecule has 1 aromatic heterocycles. The zero-order valence-corrected chi connectivity index (χ0v) is 12.3. The first-order valence-corrected chi connectivity index (χ1v) is 7.35. The van der Waals surface area contributed by atoms with Gasteiger partial charge in [0.1, 0.15) is 5.82 Å². The third kappa shape index (κ3) is 2.83. The average molecular weight is 283 g/mol. The van der Waals surface area contributed by atoms with Crippen LogP contribution in [0.15, 0.2) is 24.4 Å². The molecule has 2 aromatic rings. The summed E-state index contributed by atoms with van der Waals surface area (Å²) >= 11 is 0. The second kappa shape index (κ2) is 5.69. The summed E-state index contributed by atoms with van der Waals surface area (Å²) in [5.74, 6) is 1.29. The van der Waals surface area contributed by atoms with Crippen LogP contribution in [0.1, 0.15) is 29.9 Å². The number of nitrogens with zero attached hydrogens (tertiary/aromatic N) is 2. The fraction of sp³-hybridized carbons (Fsp3) is 0.375. The van der Waals surface area contributed by atoms with Crippen molar-refractivity contribution in [1.29, 1.82) is 0 Å². The van der Waals surface area contributed by atoms with Gasteiger partial charge in [0, 0.05) is 11.8 Å². The quantitative estimate of drug-likeness (QED) is 0.785. The smallest absolute Gasteiger partial charge is 0.221 e. The summed E-state index contributed by atoms with van der Waals surface area (Å²) in [5, 5.41) is 3.41. The van der Waals surface area contributed by atoms with Gasteiger partial charge in [-0.25, -0.2) is 4.98 Å². The van der Waals surface area contributed by atoms with Crippen LogP contribution in [0.4, 0.5) is 11.8 Å². The molecule has 1 aliphatic heterocycles. The van der Waals surface area contributed by atoms with Crippen LogP contribution in [-0.4, -0.2) is 23.1 Å². The summed E-state index contributed by atoms with van der Waals surface area (Å²) in [6.07, 6.45) is 4.09. The molecule has 5 heteroatoms. The molecule has 110 valence electrons. The monoisotopic (exact) mass is 283 g/mol. The average Bonchev–Trinajstić information content (AvgIpc) is 2.48. The predicted molar refractivity (Wildman–Crippen MR) is 85.9 cm³/mol. The van der Waals surface area contributed by atoms with Crippen molar-refractivity contribution >= 4 is 11.8 Å². The van der Waals surface area contributed by atoms with Crippen LogP contribution in [-0.2, 0) is 0 Å². The Bertz CT molecular complexity index is 647. The fourth-order valence-corrected chi connectivity index (χ4v) is 3.07. The largest absolute Gasteiger partial charge is 0.383 e. The normalized spacial score (nSPS) is 16.0. The molecule has 0 aliphatic carbocycles. The lowest BCUT2D eigenvalue weighted by molar-refractivity contribution is 0.459. The van der Waals surface area contributed by atoms with Gasteiger partial charge in [-0.05, 0) is 55.5 Å². The minimum absolute atomic E-state index is 0.208. The third-order valence-electron chi connectivity index (χ3n) is 4.20. The molecule has 0 bridgehead atoms. The van der Waals surface area contributed by atoms with Crippen molar-refractivity contribution in [1.82, 2.24) is 15.3 Å². The Balaban J connectivity index is 1.93. The summed E-state index contributed by atoms with van der Waals surface area (Å²) in [6, 6.07) is 6.49. The number of nitrogens with one attached hydrogen (secondary N) is 1. The summed E-state index contributed by atoms with van der Waals surface area (Å²) in [6.45, 7) is 4.37. The van der Waals surface area contributed by atoms with E-state index in [0.717, 1.165) is 24.2 Å². The van der Waals surface area contributed by atoms with E-state index in [0.29, 0.717) is 11.7 Å². The Morgan fingerprint density at radius 3 is 2.62 bits per heavy atom. The SMILES string of the molecule is Cc1cc(-c2cnc(N)nc2N)ccc1C1CCNCC1. The highest BCUT2D eigenvalue weighted by atomic mass is 15.0. The van der Waals surface area contributed by atoms with Gasteiger partial charge in [-0.2, -0.15) is 4.98 Å². The molecule has 0 saturated carbocycles. The molecule has 21 heavy (non-hydrogen) atoms. The summed E-state index contributed by atoms with van der Waals surface area (Å²) in [7, 11) is 0. The van der Waals surface area contributed by atoms with Crippen molar-refractivity contribution in [3.63, 3.8) is 0 Å². The van der Waals surface area contributed by atoms with Gasteiger partial charge in [0.15, 0.2) is 0 Å². The van der Waals surface area contributed by atoms with E-state index in [1.54, 1.807) is 6.20 Å². The highest BCUT2D eigenvalue weighted by Crippen LogP contribution is 2.32. The highest BCUT2D eigenvalue weighted by Gasteiger charge is 2.17. The standard InChI is InChI=1S/C16H21N5/c1-10-8-12(14-9-20-16(18)21-15(14)17)2-3-13(10)11-4-6-19-7-5-11/h2-3,8-9,11,19H,4-7H2,1H3,(H4,17,18,20,21). The van der Waals surface area contributed by atoms with E-state index in [9.17, 15) is 0 Å². The molecule has 0 unspecified atom stereocenters. The van der Waals surface area contributed by atoms with E-state index in [1.807, 2.05) is 0 Å². The second-order valence-corrected chi connectivity index (χ2v) is 5.62. The van der Waals surface area contributed by atoms with Crippen LogP contribution >= 0.6 is 0 Å². The molecule has 0 atom stereocenters. The number of aromatic nitrogens is 2. The van der Waals surface area contributed by atoms with Crippen LogP contribution in [0.25, 0.3) is 11.1 Å². The van der Waals surface area contributed by atoms with E-state index in [4.69, 9.17) is 11.5 Å². The van der Waals surface area contributed by atoms with Crippen LogP contribution in [0, 0.1) is 6.92 Å². The van der Waals surface area contributed by atoms with Gasteiger partial charge in [0.25, 0.3) is 0 Å². The summed E-state index contributed by atoms with van der Waals surface area (Å²) < 4.78 is 0. The lowest BCUT2D eigenvalue weighted by atomic mass is 9.86. The Kier molecular flexibility index (Phi) is 3.75. The zero-order chi connectivity index (χ0) is 14.8. The fourth-order valence-electron chi connectivity index (χ4n) is 3.07. The van der Waals surface area contributed by atoms with Crippen LogP contribution in [0.2, 0.25) is 0 Å². The first kappa shape index (κ1) is 13.8. The minimum atomic E-state index is 0.208. The molecular formula is C16H21N5. The van der Waals surface area contributed by atoms with Gasteiger partial charge in [0.2, 0.25) is 5.95 Å². The summed E-state index contributed by atoms with van der Waals surface area (Å²) in [5.41, 5.74) is 16.1. The van der Waals surface area contributed by atoms with Crippen molar-refractivity contribution in [3.05, 3.63) is 35.5 Å². The number of hydrogen-bond acceptors (Lipinski definition) is 5. The maximum atomic E-state index is 5.94. The molecule has 1 aromatic carbocycles. The number of benzene rings is 1. The van der Waals surface area contributed by atoms with Gasteiger partial charge >= 0.3 is 0 Å². The molecule has 3 rings (SSSR count). The molecule has 0 amide bonds. The molecule has 5 nitrogen and oxygen atoms in total. The van der Waals surface area contributed by atoms with Gasteiger partial charge in [-0.15, -0.1) is 0 Å². The zero-order valence-electron chi connectivity index (χ0n) is 12.3. The van der Waals surface area contributed by atoms with Gasteiger partial charge in [-0.1, -0.05) is 18.2 Å². The Morgan fingerprint density at radius 2 is 1.95 bits per heavy atom. The number of aryl methyl sites for hydroxylation is 1. The first-order valence-electron chi connectivity index (χ1n) is 7.35. The van der Waals surface area contributed by atoms with Crippen molar-refractivity contribution in [3.8, 4) is 11.1 Å². The van der Waals surface area contributed by atoms with Crippen molar-refractivity contribution in [2.24, 2.45) is 0 Å². The molecule has 1 fully saturated rings. The number of piperidine rings is 1. The van der Waals surface area contributed by atoms with E-state index in [1.165, 1.54) is 24.0 Å². The summed E-state index contributed by atoms with van der Waals surface area (Å²) in [4.78, 5) is 8.06. The maximum Gasteiger partial charge on any atom is 0.221 e. The number of anilines is 2. The third-order valence-corrected chi connectivity index (χ3v) is 4.20. The van der Waals surface area contributed by atoms with Crippen LogP contribution in [0.3, 0.4) is 0 Å². The molecule has 0 radical (unpaired) electrons. The van der Waals surface area contributed by atoms with E-state index >= 15 is 0 Å². The van der Waals surface area contributed by atoms with E-state index < -0.39 is 0 Å². The Labute approximate surface area is 124 Å². The van der Waals surface area contributed by atoms with Crippen molar-refractivity contribution in [2.45, 2.75) is 25.7 Å². The molecule has 1 saturated heterocycles. The Morgan fingerprint density at radius 1 is 1.19 bits per heavy atom. The molecule has 2 heterocycles. The lowest BCUT2D eigenvalue weighted by Crippen LogP contribution is -2.26. The maximum absolute atomic E-state index is 5.94. The molecular weight excluding hydrogens is 262 g/mol. The first-order chi connectivity index (χ1) is 10.1. The van der Waals surface area contributed by atoms with Crippen molar-refractivity contribution in [2.75, 3.05) is 24.6 Å². The lowest BCUT2D eigenvalue weighted by Gasteiger charge is -2.24. The highest BCUT2D eigenvalue weighted by molar-refractivity contribution is 5.74.